The van der Waals surface area contributed by atoms with Gasteiger partial charge in [0.15, 0.2) is 5.11 Å². The Labute approximate surface area is 192 Å². The SMILES string of the molecule is COc1ccc(C=CC(=O)NC(=S)NNC(=O)CCC(=O)Nc2ccc(C)c(C)c2)cc1. The van der Waals surface area contributed by atoms with Crippen molar-refractivity contribution in [3.8, 4) is 5.75 Å². The first-order chi connectivity index (χ1) is 15.3. The Balaban J connectivity index is 1.67. The Morgan fingerprint density at radius 2 is 1.62 bits per heavy atom. The molecule has 0 fully saturated rings. The fourth-order valence-electron chi connectivity index (χ4n) is 2.53. The van der Waals surface area contributed by atoms with Crippen molar-refractivity contribution in [2.45, 2.75) is 26.7 Å². The maximum atomic E-state index is 12.0. The van der Waals surface area contributed by atoms with Gasteiger partial charge in [-0.2, -0.15) is 0 Å². The van der Waals surface area contributed by atoms with Gasteiger partial charge in [0.25, 0.3) is 0 Å². The summed E-state index contributed by atoms with van der Waals surface area (Å²) in [6.45, 7) is 3.95. The summed E-state index contributed by atoms with van der Waals surface area (Å²) in [5.74, 6) is -0.454. The molecule has 8 nitrogen and oxygen atoms in total. The van der Waals surface area contributed by atoms with E-state index in [1.165, 1.54) is 6.08 Å². The van der Waals surface area contributed by atoms with Crippen LogP contribution in [0, 0.1) is 13.8 Å². The van der Waals surface area contributed by atoms with Crippen molar-refractivity contribution in [1.29, 1.82) is 0 Å². The average Bonchev–Trinajstić information content (AvgIpc) is 2.77. The molecule has 0 saturated carbocycles. The third kappa shape index (κ3) is 8.57. The second-order valence-corrected chi connectivity index (χ2v) is 7.35. The maximum absolute atomic E-state index is 12.0. The van der Waals surface area contributed by atoms with Crippen molar-refractivity contribution in [2.24, 2.45) is 0 Å². The van der Waals surface area contributed by atoms with Crippen molar-refractivity contribution in [3.05, 3.63) is 65.2 Å². The minimum absolute atomic E-state index is 0.00412. The number of amides is 3. The van der Waals surface area contributed by atoms with Gasteiger partial charge in [-0.15, -0.1) is 0 Å². The number of hydrogen-bond acceptors (Lipinski definition) is 5. The first kappa shape index (κ1) is 24.5. The van der Waals surface area contributed by atoms with Crippen molar-refractivity contribution in [3.63, 3.8) is 0 Å². The first-order valence-corrected chi connectivity index (χ1v) is 10.3. The molecule has 2 aromatic rings. The van der Waals surface area contributed by atoms with Gasteiger partial charge in [0.05, 0.1) is 7.11 Å². The van der Waals surface area contributed by atoms with E-state index in [4.69, 9.17) is 17.0 Å². The van der Waals surface area contributed by atoms with E-state index in [0.29, 0.717) is 5.69 Å². The summed E-state index contributed by atoms with van der Waals surface area (Å²) in [6.07, 6.45) is 2.89. The average molecular weight is 455 g/mol. The van der Waals surface area contributed by atoms with E-state index in [0.717, 1.165) is 22.4 Å². The molecule has 0 aliphatic heterocycles. The second kappa shape index (κ2) is 12.2. The number of anilines is 1. The molecule has 2 aromatic carbocycles. The third-order valence-corrected chi connectivity index (χ3v) is 4.67. The maximum Gasteiger partial charge on any atom is 0.250 e. The highest BCUT2D eigenvalue weighted by Gasteiger charge is 2.09. The summed E-state index contributed by atoms with van der Waals surface area (Å²) in [4.78, 5) is 35.8. The molecule has 0 bridgehead atoms. The fourth-order valence-corrected chi connectivity index (χ4v) is 2.68. The Hall–Kier alpha value is -3.72. The molecule has 0 atom stereocenters. The molecular formula is C23H26N4O4S. The van der Waals surface area contributed by atoms with Crippen LogP contribution in [0.2, 0.25) is 0 Å². The van der Waals surface area contributed by atoms with E-state index >= 15 is 0 Å². The topological polar surface area (TPSA) is 109 Å². The standard InChI is InChI=1S/C23H26N4O4S/c1-15-4-8-18(14-16(15)2)24-20(28)12-13-22(30)26-27-23(32)25-21(29)11-7-17-5-9-19(31-3)10-6-17/h4-11,14H,12-13H2,1-3H3,(H,24,28)(H,26,30)(H2,25,27,29,32). The smallest absolute Gasteiger partial charge is 0.250 e. The number of nitrogens with one attached hydrogen (secondary N) is 4. The van der Waals surface area contributed by atoms with Gasteiger partial charge in [0, 0.05) is 24.6 Å². The summed E-state index contributed by atoms with van der Waals surface area (Å²) in [6, 6.07) is 12.8. The molecule has 9 heteroatoms. The zero-order valence-corrected chi connectivity index (χ0v) is 19.0. The summed E-state index contributed by atoms with van der Waals surface area (Å²) in [5.41, 5.74) is 8.48. The molecule has 168 valence electrons. The summed E-state index contributed by atoms with van der Waals surface area (Å²) >= 11 is 4.97. The van der Waals surface area contributed by atoms with Gasteiger partial charge in [0.1, 0.15) is 5.75 Å². The minimum Gasteiger partial charge on any atom is -0.497 e. The van der Waals surface area contributed by atoms with E-state index in [1.54, 1.807) is 37.5 Å². The number of aryl methyl sites for hydroxylation is 2. The van der Waals surface area contributed by atoms with Crippen molar-refractivity contribution < 1.29 is 19.1 Å². The third-order valence-electron chi connectivity index (χ3n) is 4.46. The van der Waals surface area contributed by atoms with Crippen LogP contribution < -0.4 is 26.2 Å². The first-order valence-electron chi connectivity index (χ1n) is 9.86. The summed E-state index contributed by atoms with van der Waals surface area (Å²) < 4.78 is 5.07. The highest BCUT2D eigenvalue weighted by molar-refractivity contribution is 7.80. The summed E-state index contributed by atoms with van der Waals surface area (Å²) in [5, 5.41) is 5.10. The number of methoxy groups -OCH3 is 1. The molecule has 0 unspecified atom stereocenters. The van der Waals surface area contributed by atoms with Crippen LogP contribution in [0.5, 0.6) is 5.75 Å². The number of rotatable bonds is 7. The van der Waals surface area contributed by atoms with Crippen LogP contribution in [0.1, 0.15) is 29.5 Å². The molecule has 4 N–H and O–H groups in total. The molecule has 0 aliphatic carbocycles. The van der Waals surface area contributed by atoms with Crippen molar-refractivity contribution in [2.75, 3.05) is 12.4 Å². The number of carbonyl (C=O) groups is 3. The zero-order valence-electron chi connectivity index (χ0n) is 18.2. The van der Waals surface area contributed by atoms with E-state index < -0.39 is 11.8 Å². The van der Waals surface area contributed by atoms with E-state index in [9.17, 15) is 14.4 Å². The highest BCUT2D eigenvalue weighted by Crippen LogP contribution is 2.14. The molecule has 0 aliphatic rings. The van der Waals surface area contributed by atoms with Crippen LogP contribution >= 0.6 is 12.2 Å². The largest absolute Gasteiger partial charge is 0.497 e. The van der Waals surface area contributed by atoms with Crippen LogP contribution in [0.15, 0.2) is 48.5 Å². The van der Waals surface area contributed by atoms with Crippen LogP contribution in [-0.2, 0) is 14.4 Å². The summed E-state index contributed by atoms with van der Waals surface area (Å²) in [7, 11) is 1.58. The predicted octanol–water partition coefficient (Wildman–Crippen LogP) is 2.77. The Morgan fingerprint density at radius 3 is 2.28 bits per heavy atom. The van der Waals surface area contributed by atoms with Gasteiger partial charge in [-0.3, -0.25) is 30.6 Å². The number of thiocarbonyl (C=S) groups is 1. The molecular weight excluding hydrogens is 428 g/mol. The number of carbonyl (C=O) groups excluding carboxylic acids is 3. The van der Waals surface area contributed by atoms with Gasteiger partial charge in [0.2, 0.25) is 17.7 Å². The van der Waals surface area contributed by atoms with Crippen LogP contribution in [0.4, 0.5) is 5.69 Å². The lowest BCUT2D eigenvalue weighted by molar-refractivity contribution is -0.124. The molecule has 2 rings (SSSR count). The van der Waals surface area contributed by atoms with Crippen LogP contribution in [0.25, 0.3) is 6.08 Å². The molecule has 3 amide bonds. The van der Waals surface area contributed by atoms with Gasteiger partial charge in [-0.25, -0.2) is 0 Å². The van der Waals surface area contributed by atoms with Crippen molar-refractivity contribution >= 4 is 46.8 Å². The number of hydrogen-bond donors (Lipinski definition) is 4. The highest BCUT2D eigenvalue weighted by atomic mass is 32.1. The fraction of sp³-hybridized carbons (Fsp3) is 0.217. The Morgan fingerprint density at radius 1 is 0.938 bits per heavy atom. The second-order valence-electron chi connectivity index (χ2n) is 6.95. The molecule has 0 heterocycles. The van der Waals surface area contributed by atoms with E-state index in [-0.39, 0.29) is 23.9 Å². The zero-order chi connectivity index (χ0) is 23.5. The normalized spacial score (nSPS) is 10.3. The molecule has 0 radical (unpaired) electrons. The lowest BCUT2D eigenvalue weighted by Crippen LogP contribution is -2.48. The molecule has 0 saturated heterocycles. The predicted molar refractivity (Wildman–Crippen MR) is 128 cm³/mol. The molecule has 0 aromatic heterocycles. The van der Waals surface area contributed by atoms with Crippen molar-refractivity contribution in [1.82, 2.24) is 16.2 Å². The van der Waals surface area contributed by atoms with E-state index in [1.807, 2.05) is 32.0 Å². The monoisotopic (exact) mass is 454 g/mol. The number of hydrazine groups is 1. The van der Waals surface area contributed by atoms with Crippen LogP contribution in [-0.4, -0.2) is 29.9 Å². The van der Waals surface area contributed by atoms with Gasteiger partial charge in [-0.1, -0.05) is 18.2 Å². The van der Waals surface area contributed by atoms with Gasteiger partial charge in [-0.05, 0) is 73.1 Å². The lowest BCUT2D eigenvalue weighted by Gasteiger charge is -2.10. The van der Waals surface area contributed by atoms with Gasteiger partial charge < -0.3 is 10.1 Å². The van der Waals surface area contributed by atoms with Crippen LogP contribution in [0.3, 0.4) is 0 Å². The molecule has 32 heavy (non-hydrogen) atoms. The number of benzene rings is 2. The number of ether oxygens (including phenoxy) is 1. The Kier molecular flexibility index (Phi) is 9.37. The van der Waals surface area contributed by atoms with Gasteiger partial charge >= 0.3 is 0 Å². The van der Waals surface area contributed by atoms with E-state index in [2.05, 4.69) is 21.5 Å². The Bertz CT molecular complexity index is 1020. The minimum atomic E-state index is -0.458. The lowest BCUT2D eigenvalue weighted by atomic mass is 10.1. The molecule has 0 spiro atoms. The quantitative estimate of drug-likeness (QED) is 0.291.